The number of aromatic nitrogens is 1. The number of nitrogens with zero attached hydrogens (tertiary/aromatic N) is 3. The number of hydrogen-bond donors (Lipinski definition) is 1. The first kappa shape index (κ1) is 19.3. The Morgan fingerprint density at radius 1 is 1.18 bits per heavy atom. The van der Waals surface area contributed by atoms with Gasteiger partial charge in [-0.15, -0.1) is 4.91 Å². The number of rotatable bonds is 6. The molecule has 8 heteroatoms. The summed E-state index contributed by atoms with van der Waals surface area (Å²) in [5.41, 5.74) is 1.33. The van der Waals surface area contributed by atoms with Gasteiger partial charge in [0.05, 0.1) is 17.0 Å². The summed E-state index contributed by atoms with van der Waals surface area (Å²) in [6.07, 6.45) is 0. The van der Waals surface area contributed by atoms with Crippen molar-refractivity contribution in [3.05, 3.63) is 63.0 Å². The van der Waals surface area contributed by atoms with Crippen LogP contribution in [0.4, 0.5) is 11.4 Å². The highest BCUT2D eigenvalue weighted by molar-refractivity contribution is 5.96. The molecule has 0 saturated heterocycles. The van der Waals surface area contributed by atoms with Gasteiger partial charge in [-0.2, -0.15) is 0 Å². The van der Waals surface area contributed by atoms with Gasteiger partial charge in [0.15, 0.2) is 5.69 Å². The molecular weight excluding hydrogens is 362 g/mol. The first-order valence-corrected chi connectivity index (χ1v) is 8.78. The predicted molar refractivity (Wildman–Crippen MR) is 106 cm³/mol. The number of fused-ring (bicyclic) bond motifs is 1. The molecule has 1 aromatic heterocycles. The molecule has 0 fully saturated rings. The molecule has 146 valence electrons. The van der Waals surface area contributed by atoms with Crippen LogP contribution in [0.15, 0.2) is 47.6 Å². The fourth-order valence-electron chi connectivity index (χ4n) is 3.05. The summed E-state index contributed by atoms with van der Waals surface area (Å²) in [5, 5.41) is 24.3. The van der Waals surface area contributed by atoms with Crippen LogP contribution in [0.1, 0.15) is 26.3 Å². The van der Waals surface area contributed by atoms with E-state index in [-0.39, 0.29) is 41.2 Å². The van der Waals surface area contributed by atoms with Crippen LogP contribution in [-0.2, 0) is 12.0 Å². The van der Waals surface area contributed by atoms with Gasteiger partial charge >= 0.3 is 0 Å². The topological polar surface area (TPSA) is 107 Å². The second kappa shape index (κ2) is 7.30. The lowest BCUT2D eigenvalue weighted by Crippen LogP contribution is -2.11. The van der Waals surface area contributed by atoms with Gasteiger partial charge in [0.2, 0.25) is 5.88 Å². The Bertz CT molecular complexity index is 1030. The molecule has 0 saturated carbocycles. The highest BCUT2D eigenvalue weighted by Crippen LogP contribution is 2.40. The van der Waals surface area contributed by atoms with E-state index in [1.165, 1.54) is 28.3 Å². The van der Waals surface area contributed by atoms with Crippen molar-refractivity contribution >= 4 is 22.3 Å². The standard InChI is InChI=1S/C20H21N3O5/c1-20(2,3)13-4-7-15(8-5-13)28-11-10-22-17-9-6-14(23(26)27)12-16(17)18(21-25)19(22)24/h4-9,12,24H,10-11H2,1-3H3. The highest BCUT2D eigenvalue weighted by atomic mass is 16.6. The molecule has 0 bridgehead atoms. The zero-order chi connectivity index (χ0) is 20.5. The molecule has 0 atom stereocenters. The summed E-state index contributed by atoms with van der Waals surface area (Å²) in [7, 11) is 0. The van der Waals surface area contributed by atoms with Crippen LogP contribution in [0, 0.1) is 15.0 Å². The summed E-state index contributed by atoms with van der Waals surface area (Å²) < 4.78 is 7.20. The van der Waals surface area contributed by atoms with Crippen molar-refractivity contribution in [3.8, 4) is 11.6 Å². The van der Waals surface area contributed by atoms with Crippen LogP contribution >= 0.6 is 0 Å². The Hall–Kier alpha value is -3.42. The average Bonchev–Trinajstić information content (AvgIpc) is 2.91. The summed E-state index contributed by atoms with van der Waals surface area (Å²) >= 11 is 0. The van der Waals surface area contributed by atoms with Gasteiger partial charge in [0.25, 0.3) is 5.69 Å². The van der Waals surface area contributed by atoms with Crippen molar-refractivity contribution in [3.63, 3.8) is 0 Å². The number of benzene rings is 2. The molecule has 3 aromatic rings. The second-order valence-corrected chi connectivity index (χ2v) is 7.50. The van der Waals surface area contributed by atoms with Crippen LogP contribution in [-0.4, -0.2) is 21.2 Å². The molecule has 2 aromatic carbocycles. The molecule has 0 aliphatic carbocycles. The van der Waals surface area contributed by atoms with Crippen molar-refractivity contribution in [2.75, 3.05) is 6.61 Å². The Morgan fingerprint density at radius 2 is 1.86 bits per heavy atom. The minimum atomic E-state index is -0.563. The third-order valence-corrected chi connectivity index (χ3v) is 4.60. The number of non-ortho nitro benzene ring substituents is 1. The van der Waals surface area contributed by atoms with E-state index >= 15 is 0 Å². The molecule has 0 spiro atoms. The maximum atomic E-state index is 11.1. The number of nitro groups is 1. The summed E-state index contributed by atoms with van der Waals surface area (Å²) in [5.74, 6) is 0.352. The van der Waals surface area contributed by atoms with E-state index in [9.17, 15) is 20.1 Å². The Kier molecular flexibility index (Phi) is 5.04. The molecule has 3 rings (SSSR count). The zero-order valence-electron chi connectivity index (χ0n) is 15.9. The maximum Gasteiger partial charge on any atom is 0.270 e. The normalized spacial score (nSPS) is 11.5. The van der Waals surface area contributed by atoms with Crippen LogP contribution in [0.2, 0.25) is 0 Å². The minimum Gasteiger partial charge on any atom is -0.493 e. The van der Waals surface area contributed by atoms with Gasteiger partial charge in [-0.05, 0) is 34.4 Å². The number of hydrogen-bond acceptors (Lipinski definition) is 6. The fraction of sp³-hybridized carbons (Fsp3) is 0.300. The highest BCUT2D eigenvalue weighted by Gasteiger charge is 2.20. The number of aromatic hydroxyl groups is 1. The Labute approximate surface area is 161 Å². The van der Waals surface area contributed by atoms with Gasteiger partial charge in [-0.1, -0.05) is 32.9 Å². The van der Waals surface area contributed by atoms with Crippen LogP contribution < -0.4 is 4.74 Å². The first-order chi connectivity index (χ1) is 13.2. The van der Waals surface area contributed by atoms with E-state index in [0.29, 0.717) is 11.3 Å². The monoisotopic (exact) mass is 383 g/mol. The van der Waals surface area contributed by atoms with Crippen molar-refractivity contribution < 1.29 is 14.8 Å². The van der Waals surface area contributed by atoms with E-state index < -0.39 is 4.92 Å². The molecule has 28 heavy (non-hydrogen) atoms. The van der Waals surface area contributed by atoms with Gasteiger partial charge in [-0.3, -0.25) is 10.1 Å². The van der Waals surface area contributed by atoms with Crippen LogP contribution in [0.5, 0.6) is 11.6 Å². The second-order valence-electron chi connectivity index (χ2n) is 7.50. The van der Waals surface area contributed by atoms with Gasteiger partial charge in [0, 0.05) is 17.5 Å². The van der Waals surface area contributed by atoms with Crippen LogP contribution in [0.25, 0.3) is 10.9 Å². The molecule has 0 aliphatic rings. The number of nitroso groups, excluding NO2 is 1. The summed E-state index contributed by atoms with van der Waals surface area (Å²) in [6, 6.07) is 11.8. The van der Waals surface area contributed by atoms with Crippen molar-refractivity contribution in [1.29, 1.82) is 0 Å². The molecule has 1 N–H and O–H groups in total. The van der Waals surface area contributed by atoms with Crippen molar-refractivity contribution in [2.24, 2.45) is 5.18 Å². The Morgan fingerprint density at radius 3 is 2.43 bits per heavy atom. The maximum absolute atomic E-state index is 11.1. The molecule has 0 aliphatic heterocycles. The predicted octanol–water partition coefficient (Wildman–Crippen LogP) is 5.03. The summed E-state index contributed by atoms with van der Waals surface area (Å²) in [6.45, 7) is 6.88. The third kappa shape index (κ3) is 3.66. The quantitative estimate of drug-likeness (QED) is 0.365. The number of ether oxygens (including phenoxy) is 1. The lowest BCUT2D eigenvalue weighted by Gasteiger charge is -2.19. The lowest BCUT2D eigenvalue weighted by atomic mass is 9.87. The SMILES string of the molecule is CC(C)(C)c1ccc(OCCn2c(O)c(N=O)c3cc([N+](=O)[O-])ccc32)cc1. The largest absolute Gasteiger partial charge is 0.493 e. The zero-order valence-corrected chi connectivity index (χ0v) is 15.9. The smallest absolute Gasteiger partial charge is 0.270 e. The molecule has 1 heterocycles. The molecule has 8 nitrogen and oxygen atoms in total. The lowest BCUT2D eigenvalue weighted by molar-refractivity contribution is -0.384. The fourth-order valence-corrected chi connectivity index (χ4v) is 3.05. The first-order valence-electron chi connectivity index (χ1n) is 8.78. The van der Waals surface area contributed by atoms with Crippen LogP contribution in [0.3, 0.4) is 0 Å². The number of nitro benzene ring substituents is 1. The van der Waals surface area contributed by atoms with Gasteiger partial charge in [0.1, 0.15) is 12.4 Å². The molecule has 0 unspecified atom stereocenters. The van der Waals surface area contributed by atoms with E-state index in [2.05, 4.69) is 25.9 Å². The molecular formula is C20H21N3O5. The Balaban J connectivity index is 1.80. The molecule has 0 amide bonds. The van der Waals surface area contributed by atoms with Crippen molar-refractivity contribution in [1.82, 2.24) is 4.57 Å². The van der Waals surface area contributed by atoms with Crippen molar-refractivity contribution in [2.45, 2.75) is 32.7 Å². The van der Waals surface area contributed by atoms with Gasteiger partial charge < -0.3 is 14.4 Å². The van der Waals surface area contributed by atoms with Gasteiger partial charge in [-0.25, -0.2) is 0 Å². The van der Waals surface area contributed by atoms with E-state index in [0.717, 1.165) is 0 Å². The molecule has 0 radical (unpaired) electrons. The average molecular weight is 383 g/mol. The van der Waals surface area contributed by atoms with E-state index in [1.54, 1.807) is 0 Å². The van der Waals surface area contributed by atoms with E-state index in [4.69, 9.17) is 4.74 Å². The third-order valence-electron chi connectivity index (χ3n) is 4.60. The van der Waals surface area contributed by atoms with E-state index in [1.807, 2.05) is 24.3 Å². The summed E-state index contributed by atoms with van der Waals surface area (Å²) in [4.78, 5) is 21.5. The minimum absolute atomic E-state index is 0.0508.